The van der Waals surface area contributed by atoms with E-state index in [4.69, 9.17) is 4.74 Å². The van der Waals surface area contributed by atoms with Gasteiger partial charge in [-0.15, -0.1) is 0 Å². The first-order valence-electron chi connectivity index (χ1n) is 6.67. The molecule has 108 valence electrons. The Bertz CT molecular complexity index is 556. The molecule has 6 heteroatoms. The number of hydrogen-bond donors (Lipinski definition) is 1. The van der Waals surface area contributed by atoms with Crippen LogP contribution in [0.25, 0.3) is 0 Å². The quantitative estimate of drug-likeness (QED) is 0.843. The summed E-state index contributed by atoms with van der Waals surface area (Å²) in [5, 5.41) is 7.34. The molecule has 0 unspecified atom stereocenters. The Morgan fingerprint density at radius 3 is 3.00 bits per heavy atom. The average Bonchev–Trinajstić information content (AvgIpc) is 2.86. The van der Waals surface area contributed by atoms with E-state index in [1.807, 2.05) is 23.9 Å². The molecule has 1 heterocycles. The second-order valence-corrected chi connectivity index (χ2v) is 5.39. The fourth-order valence-corrected chi connectivity index (χ4v) is 2.37. The van der Waals surface area contributed by atoms with Gasteiger partial charge in [-0.2, -0.15) is 5.10 Å². The van der Waals surface area contributed by atoms with Gasteiger partial charge in [-0.05, 0) is 31.7 Å². The van der Waals surface area contributed by atoms with Crippen LogP contribution in [0.3, 0.4) is 0 Å². The van der Waals surface area contributed by atoms with Gasteiger partial charge < -0.3 is 10.1 Å². The van der Waals surface area contributed by atoms with Crippen molar-refractivity contribution in [2.24, 2.45) is 0 Å². The van der Waals surface area contributed by atoms with Crippen molar-refractivity contribution in [2.45, 2.75) is 33.0 Å². The molecule has 1 N–H and O–H groups in total. The molecule has 0 aliphatic rings. The summed E-state index contributed by atoms with van der Waals surface area (Å²) in [6.45, 7) is 4.17. The van der Waals surface area contributed by atoms with Crippen molar-refractivity contribution >= 4 is 15.9 Å². The number of ether oxygens (including phenoxy) is 1. The smallest absolute Gasteiger partial charge is 0.164 e. The zero-order chi connectivity index (χ0) is 14.4. The maximum absolute atomic E-state index is 5.89. The van der Waals surface area contributed by atoms with E-state index in [9.17, 15) is 0 Å². The molecule has 0 saturated carbocycles. The van der Waals surface area contributed by atoms with E-state index >= 15 is 0 Å². The summed E-state index contributed by atoms with van der Waals surface area (Å²) >= 11 is 3.48. The summed E-state index contributed by atoms with van der Waals surface area (Å²) in [6.07, 6.45) is 2.60. The maximum atomic E-state index is 5.89. The molecule has 20 heavy (non-hydrogen) atoms. The zero-order valence-electron chi connectivity index (χ0n) is 11.8. The molecule has 1 aromatic heterocycles. The fourth-order valence-electron chi connectivity index (χ4n) is 1.96. The molecular weight excluding hydrogens is 320 g/mol. The molecule has 0 aliphatic heterocycles. The summed E-state index contributed by atoms with van der Waals surface area (Å²) in [5.41, 5.74) is 1.11. The van der Waals surface area contributed by atoms with E-state index in [1.54, 1.807) is 6.33 Å². The molecule has 2 aromatic rings. The van der Waals surface area contributed by atoms with Crippen LogP contribution in [0.5, 0.6) is 5.75 Å². The average molecular weight is 339 g/mol. The van der Waals surface area contributed by atoms with Crippen molar-refractivity contribution < 1.29 is 4.74 Å². The number of nitrogens with one attached hydrogen (secondary N) is 1. The first kappa shape index (κ1) is 15.0. The Kier molecular flexibility index (Phi) is 5.55. The molecule has 2 rings (SSSR count). The Morgan fingerprint density at radius 2 is 2.25 bits per heavy atom. The molecule has 0 spiro atoms. The van der Waals surface area contributed by atoms with Crippen LogP contribution in [0.2, 0.25) is 0 Å². The standard InChI is InChI=1S/C14H19BrN4O/c1-3-6-19-14(17-10-18-19)9-20-13-5-4-12(15)7-11(13)8-16-2/h4-5,7,10,16H,3,6,8-9H2,1-2H3. The van der Waals surface area contributed by atoms with E-state index in [-0.39, 0.29) is 0 Å². The van der Waals surface area contributed by atoms with Crippen LogP contribution >= 0.6 is 15.9 Å². The molecule has 0 atom stereocenters. The normalized spacial score (nSPS) is 10.8. The lowest BCUT2D eigenvalue weighted by Gasteiger charge is -2.12. The monoisotopic (exact) mass is 338 g/mol. The number of benzene rings is 1. The lowest BCUT2D eigenvalue weighted by molar-refractivity contribution is 0.283. The largest absolute Gasteiger partial charge is 0.485 e. The number of nitrogens with zero attached hydrogens (tertiary/aromatic N) is 3. The van der Waals surface area contributed by atoms with Gasteiger partial charge in [-0.3, -0.25) is 0 Å². The minimum atomic E-state index is 0.429. The molecule has 0 saturated heterocycles. The highest BCUT2D eigenvalue weighted by atomic mass is 79.9. The molecule has 0 radical (unpaired) electrons. The Labute approximate surface area is 127 Å². The number of halogens is 1. The van der Waals surface area contributed by atoms with Gasteiger partial charge in [-0.25, -0.2) is 9.67 Å². The predicted molar refractivity (Wildman–Crippen MR) is 81.6 cm³/mol. The van der Waals surface area contributed by atoms with E-state index in [0.717, 1.165) is 41.1 Å². The second kappa shape index (κ2) is 7.40. The fraction of sp³-hybridized carbons (Fsp3) is 0.429. The molecule has 0 bridgehead atoms. The summed E-state index contributed by atoms with van der Waals surface area (Å²) in [4.78, 5) is 4.25. The minimum Gasteiger partial charge on any atom is -0.485 e. The van der Waals surface area contributed by atoms with Crippen molar-refractivity contribution in [3.63, 3.8) is 0 Å². The van der Waals surface area contributed by atoms with E-state index in [2.05, 4.69) is 44.3 Å². The summed E-state index contributed by atoms with van der Waals surface area (Å²) in [6, 6.07) is 6.01. The van der Waals surface area contributed by atoms with Crippen molar-refractivity contribution in [1.82, 2.24) is 20.1 Å². The third-order valence-corrected chi connectivity index (χ3v) is 3.37. The molecule has 5 nitrogen and oxygen atoms in total. The topological polar surface area (TPSA) is 52.0 Å². The van der Waals surface area contributed by atoms with Crippen LogP contribution in [-0.4, -0.2) is 21.8 Å². The highest BCUT2D eigenvalue weighted by Gasteiger charge is 2.08. The molecular formula is C14H19BrN4O. The number of hydrogen-bond acceptors (Lipinski definition) is 4. The molecule has 0 fully saturated rings. The van der Waals surface area contributed by atoms with E-state index in [0.29, 0.717) is 6.61 Å². The van der Waals surface area contributed by atoms with Gasteiger partial charge in [-0.1, -0.05) is 22.9 Å². The van der Waals surface area contributed by atoms with Crippen molar-refractivity contribution in [1.29, 1.82) is 0 Å². The molecule has 1 aromatic carbocycles. The van der Waals surface area contributed by atoms with Crippen LogP contribution in [0.4, 0.5) is 0 Å². The highest BCUT2D eigenvalue weighted by molar-refractivity contribution is 9.10. The Hall–Kier alpha value is -1.40. The summed E-state index contributed by atoms with van der Waals surface area (Å²) in [5.74, 6) is 1.72. The highest BCUT2D eigenvalue weighted by Crippen LogP contribution is 2.23. The van der Waals surface area contributed by atoms with Crippen LogP contribution in [0.15, 0.2) is 29.0 Å². The van der Waals surface area contributed by atoms with Crippen molar-refractivity contribution in [3.05, 3.63) is 40.4 Å². The van der Waals surface area contributed by atoms with Crippen LogP contribution < -0.4 is 10.1 Å². The number of rotatable bonds is 7. The SMILES string of the molecule is CCCn1ncnc1COc1ccc(Br)cc1CNC. The van der Waals surface area contributed by atoms with Gasteiger partial charge in [0.05, 0.1) is 0 Å². The molecule has 0 aliphatic carbocycles. The van der Waals surface area contributed by atoms with Gasteiger partial charge >= 0.3 is 0 Å². The Balaban J connectivity index is 2.08. The predicted octanol–water partition coefficient (Wildman–Crippen LogP) is 2.75. The zero-order valence-corrected chi connectivity index (χ0v) is 13.4. The van der Waals surface area contributed by atoms with Crippen molar-refractivity contribution in [2.75, 3.05) is 7.05 Å². The van der Waals surface area contributed by atoms with Gasteiger partial charge in [0.15, 0.2) is 5.82 Å². The summed E-state index contributed by atoms with van der Waals surface area (Å²) < 4.78 is 8.82. The molecule has 0 amide bonds. The second-order valence-electron chi connectivity index (χ2n) is 4.47. The number of aromatic nitrogens is 3. The minimum absolute atomic E-state index is 0.429. The van der Waals surface area contributed by atoms with Gasteiger partial charge in [0.2, 0.25) is 0 Å². The van der Waals surface area contributed by atoms with Crippen LogP contribution in [0, 0.1) is 0 Å². The van der Waals surface area contributed by atoms with Gasteiger partial charge in [0, 0.05) is 23.1 Å². The lowest BCUT2D eigenvalue weighted by Crippen LogP contribution is -2.11. The van der Waals surface area contributed by atoms with Gasteiger partial charge in [0.1, 0.15) is 18.7 Å². The third kappa shape index (κ3) is 3.80. The maximum Gasteiger partial charge on any atom is 0.164 e. The number of aryl methyl sites for hydroxylation is 1. The first-order valence-corrected chi connectivity index (χ1v) is 7.46. The van der Waals surface area contributed by atoms with Crippen LogP contribution in [0.1, 0.15) is 24.7 Å². The Morgan fingerprint density at radius 1 is 1.40 bits per heavy atom. The third-order valence-electron chi connectivity index (χ3n) is 2.88. The van der Waals surface area contributed by atoms with E-state index < -0.39 is 0 Å². The lowest BCUT2D eigenvalue weighted by atomic mass is 10.2. The van der Waals surface area contributed by atoms with Gasteiger partial charge in [0.25, 0.3) is 0 Å². The first-order chi connectivity index (χ1) is 9.74. The van der Waals surface area contributed by atoms with Crippen LogP contribution in [-0.2, 0) is 19.7 Å². The van der Waals surface area contributed by atoms with Crippen molar-refractivity contribution in [3.8, 4) is 5.75 Å². The van der Waals surface area contributed by atoms with E-state index in [1.165, 1.54) is 0 Å². The summed E-state index contributed by atoms with van der Waals surface area (Å²) in [7, 11) is 1.92.